The number of rotatable bonds is 5. The van der Waals surface area contributed by atoms with Crippen molar-refractivity contribution >= 4 is 38.8 Å². The normalized spacial score (nSPS) is 15.7. The number of allylic oxidation sites excluding steroid dienone is 5. The second-order valence-corrected chi connectivity index (χ2v) is 16.9. The maximum atomic E-state index is 2.56. The third kappa shape index (κ3) is 4.90. The SMILES string of the molecule is CC1(C)c2ccccc2-c2ccc(N(C3=CCC=CC=C3c3ccccc3)c3cc(-n4c5ccccc5c5ccccc54)c4c(c3)C(C)(C)c3ccccc3-4)cc21. The van der Waals surface area contributed by atoms with Gasteiger partial charge in [-0.2, -0.15) is 0 Å². The fourth-order valence-corrected chi connectivity index (χ4v) is 10.2. The van der Waals surface area contributed by atoms with Crippen LogP contribution < -0.4 is 4.90 Å². The van der Waals surface area contributed by atoms with Crippen molar-refractivity contribution < 1.29 is 0 Å². The van der Waals surface area contributed by atoms with Crippen molar-refractivity contribution in [2.24, 2.45) is 0 Å². The molecule has 2 nitrogen and oxygen atoms in total. The fraction of sp³-hybridized carbons (Fsp3) is 0.127. The van der Waals surface area contributed by atoms with Crippen LogP contribution >= 0.6 is 0 Å². The van der Waals surface area contributed by atoms with Gasteiger partial charge in [0, 0.05) is 44.1 Å². The summed E-state index contributed by atoms with van der Waals surface area (Å²) in [4.78, 5) is 2.56. The molecule has 11 rings (SSSR count). The van der Waals surface area contributed by atoms with Crippen LogP contribution in [0.4, 0.5) is 11.4 Å². The van der Waals surface area contributed by atoms with Gasteiger partial charge >= 0.3 is 0 Å². The first-order valence-electron chi connectivity index (χ1n) is 20.3. The number of benzene rings is 7. The highest BCUT2D eigenvalue weighted by Gasteiger charge is 2.40. The lowest BCUT2D eigenvalue weighted by Crippen LogP contribution is -2.21. The van der Waals surface area contributed by atoms with Gasteiger partial charge in [0.15, 0.2) is 0 Å². The molecule has 8 aromatic rings. The highest BCUT2D eigenvalue weighted by atomic mass is 15.2. The van der Waals surface area contributed by atoms with Gasteiger partial charge in [-0.25, -0.2) is 0 Å². The van der Waals surface area contributed by atoms with Crippen LogP contribution in [-0.2, 0) is 10.8 Å². The summed E-state index contributed by atoms with van der Waals surface area (Å²) < 4.78 is 2.53. The number of para-hydroxylation sites is 2. The molecule has 1 aromatic heterocycles. The van der Waals surface area contributed by atoms with Gasteiger partial charge < -0.3 is 9.47 Å². The van der Waals surface area contributed by atoms with E-state index >= 15 is 0 Å². The molecule has 7 aromatic carbocycles. The maximum absolute atomic E-state index is 2.56. The first kappa shape index (κ1) is 33.7. The zero-order chi connectivity index (χ0) is 38.5. The quantitative estimate of drug-likeness (QED) is 0.171. The van der Waals surface area contributed by atoms with Crippen molar-refractivity contribution in [1.82, 2.24) is 4.57 Å². The van der Waals surface area contributed by atoms with E-state index in [0.29, 0.717) is 0 Å². The predicted octanol–water partition coefficient (Wildman–Crippen LogP) is 14.5. The molecule has 0 atom stereocenters. The molecule has 274 valence electrons. The smallest absolute Gasteiger partial charge is 0.0564 e. The van der Waals surface area contributed by atoms with Gasteiger partial charge in [0.05, 0.1) is 22.4 Å². The number of anilines is 2. The first-order chi connectivity index (χ1) is 27.8. The maximum Gasteiger partial charge on any atom is 0.0564 e. The molecule has 57 heavy (non-hydrogen) atoms. The standard InChI is InChI=1S/C55H44N2/c1-54(2)45-26-15-11-22-40(45)41-32-31-37(33-47(41)54)56(49-28-10-6-9-21-39(49)36-19-7-5-8-20-36)38-34-48-53(44-25-12-16-27-46(44)55(48,3)4)52(35-38)57-50-29-17-13-23-42(50)43-24-14-18-30-51(43)57/h5-9,11-35H,10H2,1-4H3. The molecule has 0 bridgehead atoms. The van der Waals surface area contributed by atoms with Crippen LogP contribution in [0.25, 0.3) is 55.3 Å². The molecule has 0 aliphatic heterocycles. The molecule has 0 spiro atoms. The Morgan fingerprint density at radius 3 is 1.82 bits per heavy atom. The third-order valence-electron chi connectivity index (χ3n) is 13.0. The Morgan fingerprint density at radius 1 is 0.509 bits per heavy atom. The average molecular weight is 733 g/mol. The van der Waals surface area contributed by atoms with Crippen LogP contribution in [0.2, 0.25) is 0 Å². The van der Waals surface area contributed by atoms with Crippen LogP contribution in [0.5, 0.6) is 0 Å². The summed E-state index contributed by atoms with van der Waals surface area (Å²) in [6.07, 6.45) is 10.0. The van der Waals surface area contributed by atoms with E-state index in [0.717, 1.165) is 17.8 Å². The molecule has 0 radical (unpaired) electrons. The summed E-state index contributed by atoms with van der Waals surface area (Å²) in [6.45, 7) is 9.57. The number of nitrogens with zero attached hydrogens (tertiary/aromatic N) is 2. The first-order valence-corrected chi connectivity index (χ1v) is 20.3. The van der Waals surface area contributed by atoms with E-state index in [9.17, 15) is 0 Å². The summed E-state index contributed by atoms with van der Waals surface area (Å²) in [6, 6.07) is 58.9. The minimum Gasteiger partial charge on any atom is -0.310 e. The highest BCUT2D eigenvalue weighted by Crippen LogP contribution is 2.55. The van der Waals surface area contributed by atoms with Gasteiger partial charge in [-0.1, -0.05) is 173 Å². The van der Waals surface area contributed by atoms with Crippen molar-refractivity contribution in [3.63, 3.8) is 0 Å². The Balaban J connectivity index is 1.24. The monoisotopic (exact) mass is 732 g/mol. The Morgan fingerprint density at radius 2 is 1.09 bits per heavy atom. The van der Waals surface area contributed by atoms with Gasteiger partial charge in [0.1, 0.15) is 0 Å². The van der Waals surface area contributed by atoms with Gasteiger partial charge in [-0.3, -0.25) is 0 Å². The Hall–Kier alpha value is -6.64. The van der Waals surface area contributed by atoms with E-state index in [-0.39, 0.29) is 10.8 Å². The molecule has 0 N–H and O–H groups in total. The number of hydrogen-bond acceptors (Lipinski definition) is 1. The lowest BCUT2D eigenvalue weighted by molar-refractivity contribution is 0.659. The molecule has 3 aliphatic carbocycles. The minimum atomic E-state index is -0.222. The minimum absolute atomic E-state index is 0.138. The predicted molar refractivity (Wildman–Crippen MR) is 241 cm³/mol. The summed E-state index contributed by atoms with van der Waals surface area (Å²) >= 11 is 0. The van der Waals surface area contributed by atoms with Crippen molar-refractivity contribution in [3.05, 3.63) is 216 Å². The molecule has 1 heterocycles. The Bertz CT molecular complexity index is 2980. The lowest BCUT2D eigenvalue weighted by atomic mass is 9.81. The van der Waals surface area contributed by atoms with E-state index in [4.69, 9.17) is 0 Å². The second-order valence-electron chi connectivity index (χ2n) is 16.9. The zero-order valence-electron chi connectivity index (χ0n) is 32.9. The molecule has 0 unspecified atom stereocenters. The van der Waals surface area contributed by atoms with E-state index < -0.39 is 0 Å². The average Bonchev–Trinajstić information content (AvgIpc) is 3.67. The van der Waals surface area contributed by atoms with Crippen LogP contribution in [0.15, 0.2) is 188 Å². The van der Waals surface area contributed by atoms with Crippen LogP contribution in [-0.4, -0.2) is 4.57 Å². The van der Waals surface area contributed by atoms with Crippen molar-refractivity contribution in [1.29, 1.82) is 0 Å². The van der Waals surface area contributed by atoms with E-state index in [1.54, 1.807) is 0 Å². The van der Waals surface area contributed by atoms with Crippen LogP contribution in [0.1, 0.15) is 61.9 Å². The fourth-order valence-electron chi connectivity index (χ4n) is 10.2. The van der Waals surface area contributed by atoms with Crippen molar-refractivity contribution in [3.8, 4) is 27.9 Å². The molecule has 2 heteroatoms. The van der Waals surface area contributed by atoms with E-state index in [1.165, 1.54) is 88.8 Å². The summed E-state index contributed by atoms with van der Waals surface area (Å²) in [5.74, 6) is 0. The third-order valence-corrected chi connectivity index (χ3v) is 13.0. The molecular formula is C55H44N2. The van der Waals surface area contributed by atoms with E-state index in [1.807, 2.05) is 0 Å². The van der Waals surface area contributed by atoms with Gasteiger partial charge in [0.2, 0.25) is 0 Å². The van der Waals surface area contributed by atoms with Crippen LogP contribution in [0, 0.1) is 0 Å². The molecule has 3 aliphatic rings. The summed E-state index contributed by atoms with van der Waals surface area (Å²) in [7, 11) is 0. The molecule has 0 fully saturated rings. The van der Waals surface area contributed by atoms with E-state index in [2.05, 4.69) is 219 Å². The highest BCUT2D eigenvalue weighted by molar-refractivity contribution is 6.10. The molecular weight excluding hydrogens is 689 g/mol. The van der Waals surface area contributed by atoms with Gasteiger partial charge in [0.25, 0.3) is 0 Å². The van der Waals surface area contributed by atoms with Gasteiger partial charge in [-0.05, 0) is 87.3 Å². The topological polar surface area (TPSA) is 8.17 Å². The number of hydrogen-bond donors (Lipinski definition) is 0. The Labute approximate surface area is 335 Å². The second kappa shape index (κ2) is 12.4. The summed E-state index contributed by atoms with van der Waals surface area (Å²) in [5.41, 5.74) is 19.9. The number of fused-ring (bicyclic) bond motifs is 9. The van der Waals surface area contributed by atoms with Gasteiger partial charge in [-0.15, -0.1) is 0 Å². The Kier molecular flexibility index (Phi) is 7.35. The largest absolute Gasteiger partial charge is 0.310 e. The summed E-state index contributed by atoms with van der Waals surface area (Å²) in [5, 5.41) is 2.53. The van der Waals surface area contributed by atoms with Crippen molar-refractivity contribution in [2.75, 3.05) is 4.90 Å². The number of aromatic nitrogens is 1. The lowest BCUT2D eigenvalue weighted by Gasteiger charge is -2.33. The molecule has 0 saturated heterocycles. The van der Waals surface area contributed by atoms with Crippen LogP contribution in [0.3, 0.4) is 0 Å². The zero-order valence-corrected chi connectivity index (χ0v) is 32.9. The molecule has 0 saturated carbocycles. The molecule has 0 amide bonds. The van der Waals surface area contributed by atoms with Crippen molar-refractivity contribution in [2.45, 2.75) is 44.9 Å².